The summed E-state index contributed by atoms with van der Waals surface area (Å²) in [7, 11) is 0. The molecule has 0 spiro atoms. The topological polar surface area (TPSA) is 26.0 Å². The van der Waals surface area contributed by atoms with Crippen LogP contribution in [-0.2, 0) is 12.8 Å². The molecule has 2 rings (SSSR count). The molecule has 2 aromatic rings. The van der Waals surface area contributed by atoms with Gasteiger partial charge in [-0.1, -0.05) is 29.8 Å². The van der Waals surface area contributed by atoms with E-state index in [0.717, 1.165) is 22.3 Å². The minimum absolute atomic E-state index is 0.440. The maximum atomic E-state index is 6.19. The van der Waals surface area contributed by atoms with Gasteiger partial charge in [0, 0.05) is 19.8 Å². The average molecular weight is 345 g/mol. The first-order valence-corrected chi connectivity index (χ1v) is 7.90. The Morgan fingerprint density at radius 2 is 2.06 bits per heavy atom. The van der Waals surface area contributed by atoms with Gasteiger partial charge in [-0.3, -0.25) is 0 Å². The highest BCUT2D eigenvalue weighted by molar-refractivity contribution is 9.10. The lowest BCUT2D eigenvalue weighted by Gasteiger charge is -2.14. The number of thiophene rings is 1. The summed E-state index contributed by atoms with van der Waals surface area (Å²) in [6, 6.07) is 10.2. The van der Waals surface area contributed by atoms with Crippen molar-refractivity contribution in [2.45, 2.75) is 12.8 Å². The highest BCUT2D eigenvalue weighted by Crippen LogP contribution is 2.25. The summed E-state index contributed by atoms with van der Waals surface area (Å²) in [4.78, 5) is 1.37. The number of benzene rings is 1. The third-order valence-corrected chi connectivity index (χ3v) is 5.00. The summed E-state index contributed by atoms with van der Waals surface area (Å²) in [6.07, 6.45) is 1.95. The molecule has 0 fully saturated rings. The van der Waals surface area contributed by atoms with E-state index >= 15 is 0 Å². The first-order chi connectivity index (χ1) is 8.69. The molecule has 1 unspecified atom stereocenters. The third kappa shape index (κ3) is 3.82. The van der Waals surface area contributed by atoms with E-state index < -0.39 is 0 Å². The zero-order valence-corrected chi connectivity index (χ0v) is 13.1. The van der Waals surface area contributed by atoms with Gasteiger partial charge in [-0.15, -0.1) is 11.3 Å². The molecule has 4 heteroatoms. The minimum atomic E-state index is 0.440. The molecule has 1 aromatic carbocycles. The second kappa shape index (κ2) is 6.71. The molecule has 1 heterocycles. The summed E-state index contributed by atoms with van der Waals surface area (Å²) in [6.45, 7) is 0.681. The first kappa shape index (κ1) is 14.1. The van der Waals surface area contributed by atoms with Crippen molar-refractivity contribution in [1.82, 2.24) is 0 Å². The van der Waals surface area contributed by atoms with Crippen molar-refractivity contribution in [2.24, 2.45) is 11.7 Å². The molecule has 0 saturated heterocycles. The standard InChI is InChI=1S/C14H15BrClNS/c15-12-7-13(18-9-12)6-10(8-17)5-11-3-1-2-4-14(11)16/h1-4,7,9-10H,5-6,8,17H2. The van der Waals surface area contributed by atoms with Gasteiger partial charge in [-0.2, -0.15) is 0 Å². The zero-order valence-electron chi connectivity index (χ0n) is 9.90. The van der Waals surface area contributed by atoms with E-state index in [9.17, 15) is 0 Å². The number of hydrogen-bond donors (Lipinski definition) is 1. The van der Waals surface area contributed by atoms with Crippen molar-refractivity contribution in [2.75, 3.05) is 6.54 Å². The van der Waals surface area contributed by atoms with E-state index in [1.807, 2.05) is 18.2 Å². The smallest absolute Gasteiger partial charge is 0.0438 e. The highest BCUT2D eigenvalue weighted by atomic mass is 79.9. The zero-order chi connectivity index (χ0) is 13.0. The van der Waals surface area contributed by atoms with Crippen LogP contribution in [0, 0.1) is 5.92 Å². The molecule has 0 aliphatic heterocycles. The number of rotatable bonds is 5. The summed E-state index contributed by atoms with van der Waals surface area (Å²) in [5.74, 6) is 0.440. The van der Waals surface area contributed by atoms with Crippen LogP contribution in [0.5, 0.6) is 0 Å². The molecule has 0 radical (unpaired) electrons. The molecule has 0 bridgehead atoms. The van der Waals surface area contributed by atoms with Crippen molar-refractivity contribution in [3.05, 3.63) is 55.6 Å². The maximum absolute atomic E-state index is 6.19. The number of hydrogen-bond acceptors (Lipinski definition) is 2. The highest BCUT2D eigenvalue weighted by Gasteiger charge is 2.12. The minimum Gasteiger partial charge on any atom is -0.330 e. The molecular weight excluding hydrogens is 330 g/mol. The van der Waals surface area contributed by atoms with E-state index in [2.05, 4.69) is 33.4 Å². The van der Waals surface area contributed by atoms with Gasteiger partial charge < -0.3 is 5.73 Å². The van der Waals surface area contributed by atoms with Crippen LogP contribution >= 0.6 is 38.9 Å². The van der Waals surface area contributed by atoms with Gasteiger partial charge in [0.15, 0.2) is 0 Å². The average Bonchev–Trinajstić information content (AvgIpc) is 2.76. The van der Waals surface area contributed by atoms with Crippen LogP contribution in [0.4, 0.5) is 0 Å². The van der Waals surface area contributed by atoms with Crippen molar-refractivity contribution < 1.29 is 0 Å². The van der Waals surface area contributed by atoms with Crippen LogP contribution in [0.25, 0.3) is 0 Å². The second-order valence-corrected chi connectivity index (χ2v) is 6.65. The Labute approximate surface area is 125 Å². The van der Waals surface area contributed by atoms with Gasteiger partial charge in [0.05, 0.1) is 0 Å². The molecule has 0 saturated carbocycles. The molecular formula is C14H15BrClNS. The molecule has 1 aromatic heterocycles. The third-order valence-electron chi connectivity index (χ3n) is 2.91. The number of nitrogens with two attached hydrogens (primary N) is 1. The lowest BCUT2D eigenvalue weighted by atomic mass is 9.95. The first-order valence-electron chi connectivity index (χ1n) is 5.85. The van der Waals surface area contributed by atoms with Gasteiger partial charge in [-0.25, -0.2) is 0 Å². The maximum Gasteiger partial charge on any atom is 0.0438 e. The Hall–Kier alpha value is -0.350. The van der Waals surface area contributed by atoms with Gasteiger partial charge in [0.2, 0.25) is 0 Å². The van der Waals surface area contributed by atoms with Crippen LogP contribution in [0.15, 0.2) is 40.2 Å². The normalized spacial score (nSPS) is 12.6. The van der Waals surface area contributed by atoms with Gasteiger partial charge in [0.25, 0.3) is 0 Å². The monoisotopic (exact) mass is 343 g/mol. The fourth-order valence-corrected chi connectivity index (χ4v) is 3.74. The van der Waals surface area contributed by atoms with E-state index in [0.29, 0.717) is 12.5 Å². The quantitative estimate of drug-likeness (QED) is 0.847. The van der Waals surface area contributed by atoms with Crippen molar-refractivity contribution in [1.29, 1.82) is 0 Å². The molecule has 18 heavy (non-hydrogen) atoms. The fraction of sp³-hybridized carbons (Fsp3) is 0.286. The van der Waals surface area contributed by atoms with E-state index in [4.69, 9.17) is 17.3 Å². The SMILES string of the molecule is NCC(Cc1cc(Br)cs1)Cc1ccccc1Cl. The molecule has 2 N–H and O–H groups in total. The Morgan fingerprint density at radius 3 is 2.67 bits per heavy atom. The molecule has 0 amide bonds. The van der Waals surface area contributed by atoms with Crippen molar-refractivity contribution in [3.8, 4) is 0 Å². The van der Waals surface area contributed by atoms with Crippen LogP contribution in [-0.4, -0.2) is 6.54 Å². The van der Waals surface area contributed by atoms with Crippen LogP contribution in [0.3, 0.4) is 0 Å². The Bertz CT molecular complexity index is 512. The predicted molar refractivity (Wildman–Crippen MR) is 83.4 cm³/mol. The number of halogens is 2. The Morgan fingerprint density at radius 1 is 1.28 bits per heavy atom. The van der Waals surface area contributed by atoms with E-state index in [1.165, 1.54) is 10.4 Å². The van der Waals surface area contributed by atoms with Gasteiger partial charge in [0.1, 0.15) is 0 Å². The van der Waals surface area contributed by atoms with Crippen molar-refractivity contribution in [3.63, 3.8) is 0 Å². The van der Waals surface area contributed by atoms with Crippen LogP contribution < -0.4 is 5.73 Å². The fourth-order valence-electron chi connectivity index (χ4n) is 1.96. The van der Waals surface area contributed by atoms with Crippen LogP contribution in [0.2, 0.25) is 5.02 Å². The summed E-state index contributed by atoms with van der Waals surface area (Å²) >= 11 is 11.4. The molecule has 0 aliphatic rings. The van der Waals surface area contributed by atoms with E-state index in [1.54, 1.807) is 11.3 Å². The predicted octanol–water partition coefficient (Wildman–Crippen LogP) is 4.52. The van der Waals surface area contributed by atoms with E-state index in [-0.39, 0.29) is 0 Å². The Balaban J connectivity index is 2.04. The molecule has 96 valence electrons. The molecule has 1 atom stereocenters. The summed E-state index contributed by atoms with van der Waals surface area (Å²) < 4.78 is 1.15. The molecule has 1 nitrogen and oxygen atoms in total. The summed E-state index contributed by atoms with van der Waals surface area (Å²) in [5, 5.41) is 2.95. The largest absolute Gasteiger partial charge is 0.330 e. The lowest BCUT2D eigenvalue weighted by Crippen LogP contribution is -2.19. The Kier molecular flexibility index (Phi) is 5.25. The molecule has 0 aliphatic carbocycles. The van der Waals surface area contributed by atoms with Gasteiger partial charge >= 0.3 is 0 Å². The van der Waals surface area contributed by atoms with Gasteiger partial charge in [-0.05, 0) is 58.9 Å². The second-order valence-electron chi connectivity index (χ2n) is 4.33. The summed E-state index contributed by atoms with van der Waals surface area (Å²) in [5.41, 5.74) is 7.06. The van der Waals surface area contributed by atoms with Crippen molar-refractivity contribution >= 4 is 38.9 Å². The lowest BCUT2D eigenvalue weighted by molar-refractivity contribution is 0.537. The van der Waals surface area contributed by atoms with Crippen LogP contribution in [0.1, 0.15) is 10.4 Å².